The fourth-order valence-corrected chi connectivity index (χ4v) is 6.51. The molecule has 1 aromatic rings. The monoisotopic (exact) mass is 386 g/mol. The number of nitrogens with one attached hydrogen (secondary N) is 2. The van der Waals surface area contributed by atoms with Gasteiger partial charge >= 0.3 is 0 Å². The number of fused-ring (bicyclic) bond motifs is 2. The molecule has 0 aromatic carbocycles. The lowest BCUT2D eigenvalue weighted by Crippen LogP contribution is -2.47. The molecular weight excluding hydrogens is 372 g/mol. The first-order chi connectivity index (χ1) is 8.54. The Morgan fingerprint density at radius 3 is 2.47 bits per heavy atom. The molecule has 2 aliphatic rings. The predicted octanol–water partition coefficient (Wildman–Crippen LogP) is 2.49. The van der Waals surface area contributed by atoms with Crippen molar-refractivity contribution in [3.63, 3.8) is 0 Å². The van der Waals surface area contributed by atoms with E-state index in [1.54, 1.807) is 11.4 Å². The highest BCUT2D eigenvalue weighted by molar-refractivity contribution is 9.10. The molecule has 0 amide bonds. The molecular formula is C11H16BrClN2O2S2. The molecule has 2 aliphatic heterocycles. The molecule has 3 heterocycles. The van der Waals surface area contributed by atoms with E-state index in [1.807, 2.05) is 0 Å². The Labute approximate surface area is 131 Å². The zero-order chi connectivity index (χ0) is 12.8. The Morgan fingerprint density at radius 1 is 1.32 bits per heavy atom. The second kappa shape index (κ2) is 5.99. The number of thiophene rings is 1. The van der Waals surface area contributed by atoms with E-state index in [0.29, 0.717) is 20.8 Å². The standard InChI is InChI=1S/C11H15BrN2O2S2.ClH/c12-10-3-4-17-11(10)18(15,16)14-9-5-7-1-2-8(6-9)13-7;/h3-4,7-9,13-14H,1-2,5-6H2;1H. The van der Waals surface area contributed by atoms with E-state index in [-0.39, 0.29) is 18.4 Å². The summed E-state index contributed by atoms with van der Waals surface area (Å²) in [5.74, 6) is 0. The summed E-state index contributed by atoms with van der Waals surface area (Å²) >= 11 is 4.53. The van der Waals surface area contributed by atoms with Gasteiger partial charge in [-0.15, -0.1) is 23.7 Å². The molecule has 108 valence electrons. The van der Waals surface area contributed by atoms with Gasteiger partial charge in [-0.25, -0.2) is 13.1 Å². The lowest BCUT2D eigenvalue weighted by molar-refractivity contribution is 0.345. The van der Waals surface area contributed by atoms with Gasteiger partial charge in [0, 0.05) is 22.6 Å². The largest absolute Gasteiger partial charge is 0.311 e. The molecule has 0 aliphatic carbocycles. The van der Waals surface area contributed by atoms with Crippen LogP contribution in [0.1, 0.15) is 25.7 Å². The van der Waals surface area contributed by atoms with Crippen LogP contribution in [0.5, 0.6) is 0 Å². The molecule has 0 radical (unpaired) electrons. The summed E-state index contributed by atoms with van der Waals surface area (Å²) < 4.78 is 28.4. The van der Waals surface area contributed by atoms with Crippen LogP contribution in [0.2, 0.25) is 0 Å². The molecule has 3 rings (SSSR count). The smallest absolute Gasteiger partial charge is 0.251 e. The lowest BCUT2D eigenvalue weighted by Gasteiger charge is -2.29. The average Bonchev–Trinajstić information content (AvgIpc) is 2.85. The van der Waals surface area contributed by atoms with Crippen molar-refractivity contribution in [3.8, 4) is 0 Å². The number of hydrogen-bond acceptors (Lipinski definition) is 4. The zero-order valence-corrected chi connectivity index (χ0v) is 14.2. The summed E-state index contributed by atoms with van der Waals surface area (Å²) in [5.41, 5.74) is 0. The van der Waals surface area contributed by atoms with Gasteiger partial charge in [-0.1, -0.05) is 0 Å². The van der Waals surface area contributed by atoms with Gasteiger partial charge in [-0.2, -0.15) is 0 Å². The van der Waals surface area contributed by atoms with E-state index in [0.717, 1.165) is 12.8 Å². The van der Waals surface area contributed by atoms with Gasteiger partial charge in [-0.3, -0.25) is 0 Å². The summed E-state index contributed by atoms with van der Waals surface area (Å²) in [4.78, 5) is 0. The minimum absolute atomic E-state index is 0. The van der Waals surface area contributed by atoms with Crippen LogP contribution < -0.4 is 10.0 Å². The Kier molecular flexibility index (Phi) is 4.96. The van der Waals surface area contributed by atoms with Crippen LogP contribution in [0, 0.1) is 0 Å². The summed E-state index contributed by atoms with van der Waals surface area (Å²) in [6, 6.07) is 2.82. The fourth-order valence-electron chi connectivity index (χ4n) is 2.90. The molecule has 2 bridgehead atoms. The Hall–Kier alpha value is 0.340. The SMILES string of the molecule is Cl.O=S(=O)(NC1CC2CCC(C1)N2)c1sccc1Br. The van der Waals surface area contributed by atoms with Crippen molar-refractivity contribution < 1.29 is 8.42 Å². The van der Waals surface area contributed by atoms with Crippen LogP contribution in [0.4, 0.5) is 0 Å². The van der Waals surface area contributed by atoms with Crippen molar-refractivity contribution in [3.05, 3.63) is 15.9 Å². The molecule has 1 aromatic heterocycles. The lowest BCUT2D eigenvalue weighted by atomic mass is 10.0. The molecule has 8 heteroatoms. The quantitative estimate of drug-likeness (QED) is 0.838. The highest BCUT2D eigenvalue weighted by atomic mass is 79.9. The number of piperidine rings is 1. The number of halogens is 2. The zero-order valence-electron chi connectivity index (χ0n) is 10.1. The maximum Gasteiger partial charge on any atom is 0.251 e. The van der Waals surface area contributed by atoms with Crippen LogP contribution in [-0.2, 0) is 10.0 Å². The van der Waals surface area contributed by atoms with Crippen molar-refractivity contribution in [2.45, 2.75) is 48.0 Å². The summed E-state index contributed by atoms with van der Waals surface area (Å²) in [7, 11) is -3.37. The molecule has 4 nitrogen and oxygen atoms in total. The minimum atomic E-state index is -3.37. The average molecular weight is 388 g/mol. The molecule has 2 N–H and O–H groups in total. The summed E-state index contributed by atoms with van der Waals surface area (Å²) in [6.07, 6.45) is 4.15. The van der Waals surface area contributed by atoms with Gasteiger partial charge in [0.25, 0.3) is 10.0 Å². The Morgan fingerprint density at radius 2 is 1.95 bits per heavy atom. The fraction of sp³-hybridized carbons (Fsp3) is 0.636. The van der Waals surface area contributed by atoms with E-state index in [4.69, 9.17) is 0 Å². The van der Waals surface area contributed by atoms with Gasteiger partial charge in [0.05, 0.1) is 0 Å². The number of hydrogen-bond donors (Lipinski definition) is 2. The summed E-state index contributed by atoms with van der Waals surface area (Å²) in [5, 5.41) is 5.29. The molecule has 0 spiro atoms. The van der Waals surface area contributed by atoms with Gasteiger partial charge in [0.15, 0.2) is 0 Å². The highest BCUT2D eigenvalue weighted by Crippen LogP contribution is 2.30. The Bertz CT molecular complexity index is 537. The van der Waals surface area contributed by atoms with Crippen LogP contribution in [0.3, 0.4) is 0 Å². The van der Waals surface area contributed by atoms with Crippen LogP contribution >= 0.6 is 39.7 Å². The van der Waals surface area contributed by atoms with Gasteiger partial charge in [0.2, 0.25) is 0 Å². The highest BCUT2D eigenvalue weighted by Gasteiger charge is 2.35. The molecule has 0 saturated carbocycles. The van der Waals surface area contributed by atoms with Gasteiger partial charge in [-0.05, 0) is 53.1 Å². The maximum absolute atomic E-state index is 12.3. The van der Waals surface area contributed by atoms with Crippen LogP contribution in [0.25, 0.3) is 0 Å². The molecule has 2 fully saturated rings. The minimum Gasteiger partial charge on any atom is -0.311 e. The van der Waals surface area contributed by atoms with E-state index in [1.165, 1.54) is 24.2 Å². The third-order valence-electron chi connectivity index (χ3n) is 3.62. The normalized spacial score (nSPS) is 30.1. The Balaban J connectivity index is 0.00000133. The first-order valence-electron chi connectivity index (χ1n) is 6.06. The van der Waals surface area contributed by atoms with Crippen LogP contribution in [0.15, 0.2) is 20.1 Å². The third-order valence-corrected chi connectivity index (χ3v) is 7.81. The molecule has 2 saturated heterocycles. The first-order valence-corrected chi connectivity index (χ1v) is 9.21. The molecule has 2 unspecified atom stereocenters. The van der Waals surface area contributed by atoms with Crippen molar-refractivity contribution in [1.29, 1.82) is 0 Å². The van der Waals surface area contributed by atoms with Crippen molar-refractivity contribution in [2.24, 2.45) is 0 Å². The van der Waals surface area contributed by atoms with E-state index in [9.17, 15) is 8.42 Å². The van der Waals surface area contributed by atoms with E-state index < -0.39 is 10.0 Å². The van der Waals surface area contributed by atoms with E-state index >= 15 is 0 Å². The van der Waals surface area contributed by atoms with E-state index in [2.05, 4.69) is 26.0 Å². The second-order valence-electron chi connectivity index (χ2n) is 4.98. The first kappa shape index (κ1) is 15.7. The maximum atomic E-state index is 12.3. The second-order valence-corrected chi connectivity index (χ2v) is 8.66. The van der Waals surface area contributed by atoms with Gasteiger partial charge < -0.3 is 5.32 Å². The van der Waals surface area contributed by atoms with Crippen molar-refractivity contribution in [2.75, 3.05) is 0 Å². The van der Waals surface area contributed by atoms with Crippen molar-refractivity contribution >= 4 is 49.7 Å². The molecule has 2 atom stereocenters. The van der Waals surface area contributed by atoms with Gasteiger partial charge in [0.1, 0.15) is 4.21 Å². The molecule has 19 heavy (non-hydrogen) atoms. The topological polar surface area (TPSA) is 58.2 Å². The third kappa shape index (κ3) is 3.33. The van der Waals surface area contributed by atoms with Crippen molar-refractivity contribution in [1.82, 2.24) is 10.0 Å². The van der Waals surface area contributed by atoms with Crippen LogP contribution in [-0.4, -0.2) is 26.5 Å². The number of rotatable bonds is 3. The predicted molar refractivity (Wildman–Crippen MR) is 82.6 cm³/mol. The number of sulfonamides is 1. The summed E-state index contributed by atoms with van der Waals surface area (Å²) in [6.45, 7) is 0.